The zero-order chi connectivity index (χ0) is 21.8. The third-order valence-electron chi connectivity index (χ3n) is 4.53. The lowest BCUT2D eigenvalue weighted by atomic mass is 10.1. The lowest BCUT2D eigenvalue weighted by Gasteiger charge is -2.11. The van der Waals surface area contributed by atoms with Crippen LogP contribution in [0.5, 0.6) is 5.75 Å². The number of anilines is 2. The largest absolute Gasteiger partial charge is 0.496 e. The van der Waals surface area contributed by atoms with Crippen LogP contribution in [0.4, 0.5) is 10.7 Å². The van der Waals surface area contributed by atoms with Gasteiger partial charge >= 0.3 is 11.9 Å². The number of hydrogen-bond acceptors (Lipinski definition) is 8. The van der Waals surface area contributed by atoms with Gasteiger partial charge in [0.05, 0.1) is 30.0 Å². The number of hydrogen-bond donors (Lipinski definition) is 2. The Hall–Kier alpha value is -2.78. The maximum atomic E-state index is 12.4. The van der Waals surface area contributed by atoms with Gasteiger partial charge in [0.25, 0.3) is 5.91 Å². The number of amides is 1. The van der Waals surface area contributed by atoms with Crippen molar-refractivity contribution in [3.05, 3.63) is 38.7 Å². The van der Waals surface area contributed by atoms with Crippen molar-refractivity contribution in [3.63, 3.8) is 0 Å². The highest BCUT2D eigenvalue weighted by Gasteiger charge is 2.28. The van der Waals surface area contributed by atoms with Gasteiger partial charge in [-0.15, -0.1) is 11.3 Å². The molecule has 0 atom stereocenters. The van der Waals surface area contributed by atoms with E-state index in [0.29, 0.717) is 10.6 Å². The molecular weight excluding hydrogens is 432 g/mol. The highest BCUT2D eigenvalue weighted by atomic mass is 35.5. The minimum atomic E-state index is -0.789. The summed E-state index contributed by atoms with van der Waals surface area (Å²) >= 11 is 7.30. The molecule has 160 valence electrons. The third-order valence-corrected chi connectivity index (χ3v) is 6.06. The van der Waals surface area contributed by atoms with E-state index in [1.54, 1.807) is 6.92 Å². The average Bonchev–Trinajstić information content (AvgIpc) is 3.28. The van der Waals surface area contributed by atoms with Crippen molar-refractivity contribution in [1.29, 1.82) is 0 Å². The minimum absolute atomic E-state index is 0.0480. The number of ether oxygens (including phenoxy) is 3. The van der Waals surface area contributed by atoms with E-state index in [1.807, 2.05) is 0 Å². The molecule has 0 saturated heterocycles. The summed E-state index contributed by atoms with van der Waals surface area (Å²) in [4.78, 5) is 38.2. The molecule has 1 heterocycles. The molecule has 1 aromatic carbocycles. The van der Waals surface area contributed by atoms with Crippen LogP contribution in [0.25, 0.3) is 0 Å². The molecule has 3 N–H and O–H groups in total. The van der Waals surface area contributed by atoms with E-state index in [-0.39, 0.29) is 28.6 Å². The quantitative estimate of drug-likeness (QED) is 0.488. The molecule has 10 heteroatoms. The Kier molecular flexibility index (Phi) is 6.84. The molecule has 1 amide bonds. The fraction of sp³-hybridized carbons (Fsp3) is 0.350. The standard InChI is InChI=1S/C20H21ClN2O6S/c1-3-28-20(26)17-10-5-4-6-15(10)30-18(17)23-16(24)9-29-19(25)11-7-12(21)13(22)8-14(11)27-2/h7-8H,3-6,9,22H2,1-2H3,(H,23,24). The molecule has 0 radical (unpaired) electrons. The van der Waals surface area contributed by atoms with Crippen LogP contribution < -0.4 is 15.8 Å². The molecule has 0 unspecified atom stereocenters. The predicted molar refractivity (Wildman–Crippen MR) is 114 cm³/mol. The number of fused-ring (bicyclic) bond motifs is 1. The second kappa shape index (κ2) is 9.36. The Labute approximate surface area is 182 Å². The van der Waals surface area contributed by atoms with Crippen LogP contribution >= 0.6 is 22.9 Å². The first-order valence-corrected chi connectivity index (χ1v) is 10.5. The van der Waals surface area contributed by atoms with Gasteiger partial charge in [-0.25, -0.2) is 9.59 Å². The summed E-state index contributed by atoms with van der Waals surface area (Å²) in [7, 11) is 1.37. The summed E-state index contributed by atoms with van der Waals surface area (Å²) in [5, 5.41) is 3.24. The molecule has 0 saturated carbocycles. The van der Waals surface area contributed by atoms with Gasteiger partial charge in [0.2, 0.25) is 0 Å². The van der Waals surface area contributed by atoms with Gasteiger partial charge in [-0.05, 0) is 37.8 Å². The Balaban J connectivity index is 1.69. The fourth-order valence-corrected chi connectivity index (χ4v) is 4.64. The zero-order valence-corrected chi connectivity index (χ0v) is 18.1. The Morgan fingerprint density at radius 1 is 1.20 bits per heavy atom. The molecule has 1 aliphatic rings. The van der Waals surface area contributed by atoms with Gasteiger partial charge in [-0.1, -0.05) is 11.6 Å². The molecule has 3 rings (SSSR count). The van der Waals surface area contributed by atoms with Crippen LogP contribution in [0.2, 0.25) is 5.02 Å². The first-order chi connectivity index (χ1) is 14.3. The minimum Gasteiger partial charge on any atom is -0.496 e. The van der Waals surface area contributed by atoms with E-state index in [0.717, 1.165) is 29.7 Å². The Morgan fingerprint density at radius 2 is 1.97 bits per heavy atom. The number of rotatable bonds is 7. The van der Waals surface area contributed by atoms with E-state index in [2.05, 4.69) is 5.32 Å². The number of halogens is 1. The highest BCUT2D eigenvalue weighted by molar-refractivity contribution is 7.17. The van der Waals surface area contributed by atoms with Crippen LogP contribution in [0, 0.1) is 0 Å². The fourth-order valence-electron chi connectivity index (χ4n) is 3.18. The number of aryl methyl sites for hydroxylation is 1. The summed E-state index contributed by atoms with van der Waals surface area (Å²) in [6.45, 7) is 1.41. The van der Waals surface area contributed by atoms with Gasteiger partial charge in [0.15, 0.2) is 6.61 Å². The molecule has 0 spiro atoms. The predicted octanol–water partition coefficient (Wildman–Crippen LogP) is 3.45. The molecule has 30 heavy (non-hydrogen) atoms. The normalized spacial score (nSPS) is 12.2. The van der Waals surface area contributed by atoms with Crippen molar-refractivity contribution >= 4 is 51.5 Å². The van der Waals surface area contributed by atoms with Crippen molar-refractivity contribution in [2.75, 3.05) is 31.4 Å². The van der Waals surface area contributed by atoms with Gasteiger partial charge in [-0.3, -0.25) is 4.79 Å². The number of nitrogens with one attached hydrogen (secondary N) is 1. The van der Waals surface area contributed by atoms with Crippen LogP contribution in [0.1, 0.15) is 44.5 Å². The third kappa shape index (κ3) is 4.52. The van der Waals surface area contributed by atoms with Crippen LogP contribution in [-0.2, 0) is 27.1 Å². The lowest BCUT2D eigenvalue weighted by molar-refractivity contribution is -0.119. The van der Waals surface area contributed by atoms with Gasteiger partial charge in [0.1, 0.15) is 16.3 Å². The Morgan fingerprint density at radius 3 is 2.67 bits per heavy atom. The van der Waals surface area contributed by atoms with Crippen LogP contribution in [0.15, 0.2) is 12.1 Å². The average molecular weight is 453 g/mol. The number of carbonyl (C=O) groups excluding carboxylic acids is 3. The van der Waals surface area contributed by atoms with Crippen LogP contribution in [-0.4, -0.2) is 38.2 Å². The number of carbonyl (C=O) groups is 3. The van der Waals surface area contributed by atoms with Gasteiger partial charge in [0, 0.05) is 10.9 Å². The topological polar surface area (TPSA) is 117 Å². The molecular formula is C20H21ClN2O6S. The summed E-state index contributed by atoms with van der Waals surface area (Å²) < 4.78 is 15.3. The zero-order valence-electron chi connectivity index (χ0n) is 16.5. The van der Waals surface area contributed by atoms with Gasteiger partial charge < -0.3 is 25.3 Å². The lowest BCUT2D eigenvalue weighted by Crippen LogP contribution is -2.22. The summed E-state index contributed by atoms with van der Waals surface area (Å²) in [6, 6.07) is 2.72. The van der Waals surface area contributed by atoms with E-state index in [9.17, 15) is 14.4 Å². The maximum Gasteiger partial charge on any atom is 0.342 e. The number of esters is 2. The van der Waals surface area contributed by atoms with E-state index in [1.165, 1.54) is 30.6 Å². The number of benzene rings is 1. The van der Waals surface area contributed by atoms with Gasteiger partial charge in [-0.2, -0.15) is 0 Å². The first kappa shape index (κ1) is 21.9. The number of nitrogens with two attached hydrogens (primary N) is 1. The van der Waals surface area contributed by atoms with Crippen molar-refractivity contribution in [3.8, 4) is 5.75 Å². The molecule has 0 bridgehead atoms. The maximum absolute atomic E-state index is 12.4. The molecule has 8 nitrogen and oxygen atoms in total. The summed E-state index contributed by atoms with van der Waals surface area (Å²) in [6.07, 6.45) is 2.59. The van der Waals surface area contributed by atoms with Crippen molar-refractivity contribution in [2.45, 2.75) is 26.2 Å². The van der Waals surface area contributed by atoms with E-state index < -0.39 is 24.5 Å². The van der Waals surface area contributed by atoms with Crippen molar-refractivity contribution < 1.29 is 28.6 Å². The monoisotopic (exact) mass is 452 g/mol. The first-order valence-electron chi connectivity index (χ1n) is 9.27. The summed E-state index contributed by atoms with van der Waals surface area (Å²) in [5.74, 6) is -1.65. The number of methoxy groups -OCH3 is 1. The smallest absolute Gasteiger partial charge is 0.342 e. The number of nitrogen functional groups attached to an aromatic ring is 1. The van der Waals surface area contributed by atoms with Crippen molar-refractivity contribution in [1.82, 2.24) is 0 Å². The molecule has 0 aliphatic heterocycles. The highest BCUT2D eigenvalue weighted by Crippen LogP contribution is 2.39. The molecule has 0 fully saturated rings. The molecule has 1 aliphatic carbocycles. The second-order valence-corrected chi connectivity index (χ2v) is 7.99. The van der Waals surface area contributed by atoms with Crippen molar-refractivity contribution in [2.24, 2.45) is 0 Å². The Bertz CT molecular complexity index is 1000. The van der Waals surface area contributed by atoms with Crippen LogP contribution in [0.3, 0.4) is 0 Å². The number of thiophene rings is 1. The second-order valence-electron chi connectivity index (χ2n) is 6.48. The SMILES string of the molecule is CCOC(=O)c1c(NC(=O)COC(=O)c2cc(Cl)c(N)cc2OC)sc2c1CCC2. The van der Waals surface area contributed by atoms with E-state index in [4.69, 9.17) is 31.5 Å². The summed E-state index contributed by atoms with van der Waals surface area (Å²) in [5.41, 5.74) is 7.31. The van der Waals surface area contributed by atoms with E-state index >= 15 is 0 Å². The molecule has 2 aromatic rings. The molecule has 1 aromatic heterocycles.